The number of hydrogen-bond acceptors (Lipinski definition) is 3. The highest BCUT2D eigenvalue weighted by Crippen LogP contribution is 2.30. The lowest BCUT2D eigenvalue weighted by Crippen LogP contribution is -2.42. The fraction of sp³-hybridized carbons (Fsp3) is 0.625. The minimum absolute atomic E-state index is 0.0435. The topological polar surface area (TPSA) is 45.2 Å². The summed E-state index contributed by atoms with van der Waals surface area (Å²) in [5.74, 6) is 1.19. The summed E-state index contributed by atoms with van der Waals surface area (Å²) in [5.41, 5.74) is 1.65. The van der Waals surface area contributed by atoms with Crippen molar-refractivity contribution in [1.29, 1.82) is 0 Å². The van der Waals surface area contributed by atoms with Crippen LogP contribution in [-0.2, 0) is 0 Å². The Hall–Kier alpha value is -1.58. The van der Waals surface area contributed by atoms with E-state index in [-0.39, 0.29) is 11.4 Å². The van der Waals surface area contributed by atoms with E-state index in [1.807, 2.05) is 24.1 Å². The first-order valence-electron chi connectivity index (χ1n) is 7.37. The van der Waals surface area contributed by atoms with E-state index in [1.54, 1.807) is 0 Å². The molecule has 0 atom stereocenters. The van der Waals surface area contributed by atoms with Gasteiger partial charge in [0.2, 0.25) is 0 Å². The summed E-state index contributed by atoms with van der Waals surface area (Å²) in [6.07, 6.45) is 2.15. The molecule has 0 aromatic carbocycles. The van der Waals surface area contributed by atoms with Gasteiger partial charge < -0.3 is 10.2 Å². The minimum atomic E-state index is -0.0435. The van der Waals surface area contributed by atoms with Gasteiger partial charge in [0.25, 0.3) is 5.91 Å². The molecule has 1 aliphatic heterocycles. The maximum Gasteiger partial charge on any atom is 0.254 e. The molecule has 1 aromatic rings. The van der Waals surface area contributed by atoms with E-state index in [1.165, 1.54) is 0 Å². The van der Waals surface area contributed by atoms with Crippen LogP contribution in [0.25, 0.3) is 0 Å². The molecular weight excluding hydrogens is 250 g/mol. The van der Waals surface area contributed by atoms with Crippen molar-refractivity contribution in [2.24, 2.45) is 0 Å². The number of amides is 1. The number of aromatic nitrogens is 1. The van der Waals surface area contributed by atoms with E-state index in [0.717, 1.165) is 36.5 Å². The second-order valence-electron chi connectivity index (χ2n) is 6.44. The smallest absolute Gasteiger partial charge is 0.254 e. The molecule has 20 heavy (non-hydrogen) atoms. The lowest BCUT2D eigenvalue weighted by molar-refractivity contribution is 0.0652. The summed E-state index contributed by atoms with van der Waals surface area (Å²) in [7, 11) is 1.83. The molecule has 0 bridgehead atoms. The molecule has 2 heterocycles. The van der Waals surface area contributed by atoms with Crippen LogP contribution in [0.2, 0.25) is 0 Å². The largest absolute Gasteiger partial charge is 0.373 e. The van der Waals surface area contributed by atoms with Crippen molar-refractivity contribution in [3.63, 3.8) is 0 Å². The van der Waals surface area contributed by atoms with Crippen molar-refractivity contribution in [3.8, 4) is 0 Å². The van der Waals surface area contributed by atoms with Crippen LogP contribution >= 0.6 is 0 Å². The predicted octanol–water partition coefficient (Wildman–Crippen LogP) is 3.26. The quantitative estimate of drug-likeness (QED) is 0.921. The Balaban J connectivity index is 2.36. The molecule has 0 radical (unpaired) electrons. The summed E-state index contributed by atoms with van der Waals surface area (Å²) in [4.78, 5) is 19.3. The van der Waals surface area contributed by atoms with Crippen molar-refractivity contribution in [1.82, 2.24) is 9.88 Å². The van der Waals surface area contributed by atoms with Gasteiger partial charge in [-0.25, -0.2) is 4.98 Å². The zero-order chi connectivity index (χ0) is 14.9. The molecule has 4 nitrogen and oxygen atoms in total. The van der Waals surface area contributed by atoms with Crippen molar-refractivity contribution < 1.29 is 4.79 Å². The number of pyridine rings is 1. The van der Waals surface area contributed by atoms with E-state index in [2.05, 4.69) is 38.0 Å². The first kappa shape index (κ1) is 14.8. The Morgan fingerprint density at radius 2 is 2.10 bits per heavy atom. The second kappa shape index (κ2) is 5.43. The second-order valence-corrected chi connectivity index (χ2v) is 6.44. The summed E-state index contributed by atoms with van der Waals surface area (Å²) in [5, 5.41) is 3.05. The van der Waals surface area contributed by atoms with E-state index in [4.69, 9.17) is 0 Å². The van der Waals surface area contributed by atoms with Gasteiger partial charge in [-0.1, -0.05) is 13.8 Å². The third-order valence-electron chi connectivity index (χ3n) is 4.09. The number of carbonyl (C=O) groups excluding carboxylic acids is 1. The Labute approximate surface area is 121 Å². The minimum Gasteiger partial charge on any atom is -0.373 e. The molecular formula is C16H25N3O. The van der Waals surface area contributed by atoms with Crippen LogP contribution in [0.3, 0.4) is 0 Å². The van der Waals surface area contributed by atoms with Gasteiger partial charge in [0.1, 0.15) is 5.82 Å². The van der Waals surface area contributed by atoms with Crippen molar-refractivity contribution in [2.75, 3.05) is 18.9 Å². The molecule has 0 unspecified atom stereocenters. The van der Waals surface area contributed by atoms with Gasteiger partial charge in [-0.05, 0) is 44.7 Å². The summed E-state index contributed by atoms with van der Waals surface area (Å²) in [6, 6.07) is 3.78. The maximum atomic E-state index is 12.8. The fourth-order valence-corrected chi connectivity index (χ4v) is 2.74. The number of nitrogens with one attached hydrogen (secondary N) is 1. The first-order valence-corrected chi connectivity index (χ1v) is 7.37. The van der Waals surface area contributed by atoms with Gasteiger partial charge in [0.05, 0.1) is 0 Å². The molecule has 1 aliphatic rings. The lowest BCUT2D eigenvalue weighted by Gasteiger charge is -2.32. The van der Waals surface area contributed by atoms with Crippen LogP contribution < -0.4 is 5.32 Å². The number of rotatable bonds is 3. The van der Waals surface area contributed by atoms with Gasteiger partial charge in [-0.3, -0.25) is 4.79 Å². The van der Waals surface area contributed by atoms with Crippen molar-refractivity contribution in [3.05, 3.63) is 23.4 Å². The zero-order valence-corrected chi connectivity index (χ0v) is 13.2. The summed E-state index contributed by atoms with van der Waals surface area (Å²) < 4.78 is 0. The number of likely N-dealkylation sites (tertiary alicyclic amines) is 1. The van der Waals surface area contributed by atoms with Gasteiger partial charge in [-0.15, -0.1) is 0 Å². The van der Waals surface area contributed by atoms with Crippen LogP contribution in [0.15, 0.2) is 12.1 Å². The monoisotopic (exact) mass is 275 g/mol. The number of hydrogen-bond donors (Lipinski definition) is 1. The van der Waals surface area contributed by atoms with Crippen LogP contribution in [-0.4, -0.2) is 34.9 Å². The normalized spacial score (nSPS) is 17.6. The van der Waals surface area contributed by atoms with E-state index >= 15 is 0 Å². The molecule has 1 fully saturated rings. The van der Waals surface area contributed by atoms with Crippen LogP contribution in [0, 0.1) is 0 Å². The number of carbonyl (C=O) groups is 1. The van der Waals surface area contributed by atoms with E-state index < -0.39 is 0 Å². The summed E-state index contributed by atoms with van der Waals surface area (Å²) >= 11 is 0. The Bertz CT molecular complexity index is 508. The van der Waals surface area contributed by atoms with Crippen molar-refractivity contribution >= 4 is 11.7 Å². The molecule has 110 valence electrons. The van der Waals surface area contributed by atoms with Gasteiger partial charge >= 0.3 is 0 Å². The molecule has 1 amide bonds. The highest BCUT2D eigenvalue weighted by Gasteiger charge is 2.36. The van der Waals surface area contributed by atoms with Crippen molar-refractivity contribution in [2.45, 2.75) is 52.0 Å². The van der Waals surface area contributed by atoms with Crippen LogP contribution in [0.1, 0.15) is 62.5 Å². The predicted molar refractivity (Wildman–Crippen MR) is 82.2 cm³/mol. The fourth-order valence-electron chi connectivity index (χ4n) is 2.74. The van der Waals surface area contributed by atoms with Crippen LogP contribution in [0.4, 0.5) is 5.82 Å². The SMILES string of the molecule is CNc1cc(C(=O)N2CCCC2(C)C)cc(C(C)C)n1. The number of anilines is 1. The molecule has 0 spiro atoms. The molecule has 4 heteroatoms. The highest BCUT2D eigenvalue weighted by atomic mass is 16.2. The Kier molecular flexibility index (Phi) is 4.02. The van der Waals surface area contributed by atoms with E-state index in [9.17, 15) is 4.79 Å². The summed E-state index contributed by atoms with van der Waals surface area (Å²) in [6.45, 7) is 9.31. The molecule has 2 rings (SSSR count). The zero-order valence-electron chi connectivity index (χ0n) is 13.2. The van der Waals surface area contributed by atoms with Gasteiger partial charge in [-0.2, -0.15) is 0 Å². The molecule has 1 aromatic heterocycles. The molecule has 0 aliphatic carbocycles. The first-order chi connectivity index (χ1) is 9.35. The maximum absolute atomic E-state index is 12.8. The Morgan fingerprint density at radius 1 is 1.40 bits per heavy atom. The molecule has 1 N–H and O–H groups in total. The van der Waals surface area contributed by atoms with Gasteiger partial charge in [0.15, 0.2) is 0 Å². The number of nitrogens with zero attached hydrogens (tertiary/aromatic N) is 2. The average molecular weight is 275 g/mol. The highest BCUT2D eigenvalue weighted by molar-refractivity contribution is 5.95. The molecule has 1 saturated heterocycles. The molecule has 0 saturated carbocycles. The average Bonchev–Trinajstić information content (AvgIpc) is 2.76. The van der Waals surface area contributed by atoms with Crippen LogP contribution in [0.5, 0.6) is 0 Å². The standard InChI is InChI=1S/C16H25N3O/c1-11(2)13-9-12(10-14(17-5)18-13)15(20)19-8-6-7-16(19,3)4/h9-11H,6-8H2,1-5H3,(H,17,18). The van der Waals surface area contributed by atoms with E-state index in [0.29, 0.717) is 5.92 Å². The lowest BCUT2D eigenvalue weighted by atomic mass is 10.0. The Morgan fingerprint density at radius 3 is 2.60 bits per heavy atom. The third-order valence-corrected chi connectivity index (χ3v) is 4.09. The van der Waals surface area contributed by atoms with Gasteiger partial charge in [0, 0.05) is 30.4 Å². The third kappa shape index (κ3) is 2.79.